The maximum Gasteiger partial charge on any atom is 0.257 e. The maximum absolute atomic E-state index is 12.1. The molecule has 0 atom stereocenters. The molecule has 1 N–H and O–H groups in total. The lowest BCUT2D eigenvalue weighted by atomic mass is 9.98. The van der Waals surface area contributed by atoms with E-state index in [1.165, 1.54) is 12.4 Å². The highest BCUT2D eigenvalue weighted by Crippen LogP contribution is 2.12. The van der Waals surface area contributed by atoms with Crippen LogP contribution in [0.15, 0.2) is 36.7 Å². The number of nitrogens with one attached hydrogen (secondary N) is 1. The predicted molar refractivity (Wildman–Crippen MR) is 87.8 cm³/mol. The van der Waals surface area contributed by atoms with Crippen LogP contribution < -0.4 is 5.32 Å². The second kappa shape index (κ2) is 6.59. The molecular weight excluding hydrogens is 298 g/mol. The van der Waals surface area contributed by atoms with Crippen LogP contribution in [0, 0.1) is 17.3 Å². The summed E-state index contributed by atoms with van der Waals surface area (Å²) in [5.41, 5.74) is 1.58. The second-order valence-electron chi connectivity index (χ2n) is 5.76. The van der Waals surface area contributed by atoms with Gasteiger partial charge in [0.05, 0.1) is 17.4 Å². The van der Waals surface area contributed by atoms with Crippen molar-refractivity contribution in [2.24, 2.45) is 5.41 Å². The van der Waals surface area contributed by atoms with E-state index in [1.807, 2.05) is 20.8 Å². The Labute approximate surface area is 134 Å². The minimum atomic E-state index is -0.257. The minimum Gasteiger partial charge on any atom is -0.321 e. The summed E-state index contributed by atoms with van der Waals surface area (Å²) in [4.78, 5) is 20.2. The molecule has 0 spiro atoms. The number of aromatic nitrogens is 2. The fraction of sp³-hybridized carbons (Fsp3) is 0.235. The first kappa shape index (κ1) is 16.0. The van der Waals surface area contributed by atoms with Crippen LogP contribution >= 0.6 is 11.6 Å². The van der Waals surface area contributed by atoms with E-state index in [0.717, 1.165) is 0 Å². The summed E-state index contributed by atoms with van der Waals surface area (Å²) in [5.74, 6) is 5.83. The number of amides is 1. The summed E-state index contributed by atoms with van der Waals surface area (Å²) < 4.78 is 0. The number of hydrogen-bond donors (Lipinski definition) is 1. The predicted octanol–water partition coefficient (Wildman–Crippen LogP) is 3.78. The molecule has 0 saturated heterocycles. The first-order valence-electron chi connectivity index (χ1n) is 6.76. The molecule has 0 bridgehead atoms. The second-order valence-corrected chi connectivity index (χ2v) is 6.14. The lowest BCUT2D eigenvalue weighted by molar-refractivity contribution is 0.102. The van der Waals surface area contributed by atoms with Gasteiger partial charge in [-0.2, -0.15) is 0 Å². The summed E-state index contributed by atoms with van der Waals surface area (Å²) >= 11 is 5.70. The number of hydrogen-bond acceptors (Lipinski definition) is 3. The Hall–Kier alpha value is -2.38. The molecule has 0 aliphatic heterocycles. The topological polar surface area (TPSA) is 54.9 Å². The van der Waals surface area contributed by atoms with Crippen LogP contribution in [0.5, 0.6) is 0 Å². The lowest BCUT2D eigenvalue weighted by Gasteiger charge is -2.07. The average Bonchev–Trinajstić information content (AvgIpc) is 2.47. The zero-order valence-electron chi connectivity index (χ0n) is 12.6. The van der Waals surface area contributed by atoms with Gasteiger partial charge in [-0.25, -0.2) is 9.97 Å². The van der Waals surface area contributed by atoms with Gasteiger partial charge in [0.15, 0.2) is 0 Å². The van der Waals surface area contributed by atoms with E-state index < -0.39 is 0 Å². The minimum absolute atomic E-state index is 0.0840. The van der Waals surface area contributed by atoms with Crippen molar-refractivity contribution in [2.75, 3.05) is 5.32 Å². The Bertz CT molecular complexity index is 720. The lowest BCUT2D eigenvalue weighted by Crippen LogP contribution is -2.12. The highest BCUT2D eigenvalue weighted by Gasteiger charge is 2.07. The largest absolute Gasteiger partial charge is 0.321 e. The van der Waals surface area contributed by atoms with Crippen LogP contribution in [-0.4, -0.2) is 15.9 Å². The smallest absolute Gasteiger partial charge is 0.257 e. The number of carbonyl (C=O) groups excluding carboxylic acids is 1. The molecule has 5 heteroatoms. The van der Waals surface area contributed by atoms with Crippen molar-refractivity contribution in [3.05, 3.63) is 53.1 Å². The Balaban J connectivity index is 2.07. The molecular formula is C17H16ClN3O. The molecule has 2 rings (SSSR count). The molecule has 0 unspecified atom stereocenters. The molecule has 2 aromatic rings. The van der Waals surface area contributed by atoms with Crippen molar-refractivity contribution >= 4 is 23.2 Å². The summed E-state index contributed by atoms with van der Waals surface area (Å²) in [7, 11) is 0. The molecule has 112 valence electrons. The SMILES string of the molecule is CC(C)(C)C#Cc1ccc(C(=O)Nc2ccc(Cl)nc2)cn1. The van der Waals surface area contributed by atoms with Gasteiger partial charge in [-0.1, -0.05) is 17.5 Å². The van der Waals surface area contributed by atoms with E-state index in [4.69, 9.17) is 11.6 Å². The van der Waals surface area contributed by atoms with E-state index in [-0.39, 0.29) is 11.3 Å². The van der Waals surface area contributed by atoms with Gasteiger partial charge in [0.1, 0.15) is 10.8 Å². The number of anilines is 1. The van der Waals surface area contributed by atoms with Crippen LogP contribution in [0.1, 0.15) is 36.8 Å². The van der Waals surface area contributed by atoms with Crippen molar-refractivity contribution in [3.63, 3.8) is 0 Å². The van der Waals surface area contributed by atoms with Gasteiger partial charge < -0.3 is 5.32 Å². The monoisotopic (exact) mass is 313 g/mol. The molecule has 4 nitrogen and oxygen atoms in total. The van der Waals surface area contributed by atoms with Gasteiger partial charge in [-0.15, -0.1) is 0 Å². The third-order valence-electron chi connectivity index (χ3n) is 2.58. The van der Waals surface area contributed by atoms with E-state index >= 15 is 0 Å². The molecule has 22 heavy (non-hydrogen) atoms. The third kappa shape index (κ3) is 4.87. The Kier molecular flexibility index (Phi) is 4.79. The molecule has 0 aromatic carbocycles. The standard InChI is InChI=1S/C17H16ClN3O/c1-17(2,3)9-8-13-5-4-12(10-19-13)16(22)21-14-6-7-15(18)20-11-14/h4-7,10-11H,1-3H3,(H,21,22). The number of halogens is 1. The van der Waals surface area contributed by atoms with Crippen LogP contribution in [0.3, 0.4) is 0 Å². The average molecular weight is 314 g/mol. The van der Waals surface area contributed by atoms with Crippen molar-refractivity contribution in [1.82, 2.24) is 9.97 Å². The van der Waals surface area contributed by atoms with Gasteiger partial charge in [0, 0.05) is 11.6 Å². The summed E-state index contributed by atoms with van der Waals surface area (Å²) in [6.45, 7) is 6.09. The normalized spacial score (nSPS) is 10.5. The number of carbonyl (C=O) groups is 1. The van der Waals surface area contributed by atoms with Crippen LogP contribution in [0.25, 0.3) is 0 Å². The van der Waals surface area contributed by atoms with Crippen molar-refractivity contribution in [2.45, 2.75) is 20.8 Å². The van der Waals surface area contributed by atoms with Crippen molar-refractivity contribution < 1.29 is 4.79 Å². The Morgan fingerprint density at radius 3 is 2.45 bits per heavy atom. The van der Waals surface area contributed by atoms with Gasteiger partial charge in [-0.3, -0.25) is 4.79 Å². The van der Waals surface area contributed by atoms with Gasteiger partial charge >= 0.3 is 0 Å². The van der Waals surface area contributed by atoms with Gasteiger partial charge in [0.25, 0.3) is 5.91 Å². The number of pyridine rings is 2. The van der Waals surface area contributed by atoms with Crippen LogP contribution in [0.2, 0.25) is 5.15 Å². The highest BCUT2D eigenvalue weighted by atomic mass is 35.5. The van der Waals surface area contributed by atoms with E-state index in [1.54, 1.807) is 24.3 Å². The third-order valence-corrected chi connectivity index (χ3v) is 2.80. The zero-order chi connectivity index (χ0) is 16.2. The number of nitrogens with zero attached hydrogens (tertiary/aromatic N) is 2. The molecule has 0 aliphatic carbocycles. The van der Waals surface area contributed by atoms with Crippen molar-refractivity contribution in [1.29, 1.82) is 0 Å². The Morgan fingerprint density at radius 1 is 1.14 bits per heavy atom. The molecule has 0 aliphatic rings. The van der Waals surface area contributed by atoms with E-state index in [0.29, 0.717) is 22.1 Å². The summed E-state index contributed by atoms with van der Waals surface area (Å²) in [6.07, 6.45) is 3.00. The highest BCUT2D eigenvalue weighted by molar-refractivity contribution is 6.29. The first-order chi connectivity index (χ1) is 10.3. The van der Waals surface area contributed by atoms with E-state index in [2.05, 4.69) is 27.1 Å². The van der Waals surface area contributed by atoms with Gasteiger partial charge in [0.2, 0.25) is 0 Å². The summed E-state index contributed by atoms with van der Waals surface area (Å²) in [5, 5.41) is 3.10. The fourth-order valence-corrected chi connectivity index (χ4v) is 1.62. The molecule has 0 fully saturated rings. The van der Waals surface area contributed by atoms with Crippen LogP contribution in [0.4, 0.5) is 5.69 Å². The molecule has 0 saturated carbocycles. The molecule has 1 amide bonds. The van der Waals surface area contributed by atoms with Gasteiger partial charge in [-0.05, 0) is 51.0 Å². The quantitative estimate of drug-likeness (QED) is 0.678. The maximum atomic E-state index is 12.1. The molecule has 2 aromatic heterocycles. The Morgan fingerprint density at radius 2 is 1.91 bits per heavy atom. The van der Waals surface area contributed by atoms with E-state index in [9.17, 15) is 4.79 Å². The summed E-state index contributed by atoms with van der Waals surface area (Å²) in [6, 6.07) is 6.72. The number of rotatable bonds is 2. The molecule has 0 radical (unpaired) electrons. The molecule has 2 heterocycles. The fourth-order valence-electron chi connectivity index (χ4n) is 1.51. The first-order valence-corrected chi connectivity index (χ1v) is 7.13. The zero-order valence-corrected chi connectivity index (χ0v) is 13.4. The van der Waals surface area contributed by atoms with Crippen LogP contribution in [-0.2, 0) is 0 Å². The van der Waals surface area contributed by atoms with Crippen molar-refractivity contribution in [3.8, 4) is 11.8 Å².